The standard InChI is InChI=1S/C27H24N4S/c1-2-6-19(7-3-1)20-10-11-25-22(14-20)15-21(12-13-31(25)17-23-16-28-18-29-23)27-30-24-8-4-5-9-26(24)32-27/h1-11,14,16,18,21H,12-13,15,17H2,(H,28,29). The molecule has 1 atom stereocenters. The molecule has 1 unspecified atom stereocenters. The molecule has 5 aromatic rings. The van der Waals surface area contributed by atoms with Crippen molar-refractivity contribution in [1.29, 1.82) is 0 Å². The summed E-state index contributed by atoms with van der Waals surface area (Å²) in [4.78, 5) is 15.1. The molecule has 3 aromatic carbocycles. The number of hydrogen-bond donors (Lipinski definition) is 1. The van der Waals surface area contributed by atoms with Gasteiger partial charge in [0.1, 0.15) is 0 Å². The average Bonchev–Trinajstić information content (AvgIpc) is 3.47. The number of nitrogens with zero attached hydrogens (tertiary/aromatic N) is 3. The van der Waals surface area contributed by atoms with Crippen molar-refractivity contribution in [3.63, 3.8) is 0 Å². The van der Waals surface area contributed by atoms with Gasteiger partial charge in [-0.25, -0.2) is 9.97 Å². The molecule has 0 amide bonds. The van der Waals surface area contributed by atoms with Crippen LogP contribution >= 0.6 is 11.3 Å². The number of aromatic nitrogens is 3. The second-order valence-electron chi connectivity index (χ2n) is 8.40. The van der Waals surface area contributed by atoms with Crippen molar-refractivity contribution in [3.8, 4) is 11.1 Å². The number of benzene rings is 3. The molecule has 4 nitrogen and oxygen atoms in total. The van der Waals surface area contributed by atoms with E-state index < -0.39 is 0 Å². The molecule has 158 valence electrons. The van der Waals surface area contributed by atoms with E-state index in [4.69, 9.17) is 4.98 Å². The molecule has 1 aliphatic rings. The number of anilines is 1. The molecule has 1 aliphatic heterocycles. The van der Waals surface area contributed by atoms with Crippen LogP contribution in [0.15, 0.2) is 85.3 Å². The molecule has 0 fully saturated rings. The highest BCUT2D eigenvalue weighted by molar-refractivity contribution is 7.18. The highest BCUT2D eigenvalue weighted by atomic mass is 32.1. The highest BCUT2D eigenvalue weighted by Crippen LogP contribution is 2.39. The lowest BCUT2D eigenvalue weighted by atomic mass is 9.94. The van der Waals surface area contributed by atoms with Gasteiger partial charge in [-0.1, -0.05) is 48.5 Å². The Bertz CT molecular complexity index is 1310. The van der Waals surface area contributed by atoms with E-state index in [9.17, 15) is 0 Å². The third-order valence-electron chi connectivity index (χ3n) is 6.31. The highest BCUT2D eigenvalue weighted by Gasteiger charge is 2.25. The van der Waals surface area contributed by atoms with Crippen LogP contribution in [0.2, 0.25) is 0 Å². The summed E-state index contributed by atoms with van der Waals surface area (Å²) in [5.74, 6) is 0.418. The number of nitrogens with one attached hydrogen (secondary N) is 1. The molecular weight excluding hydrogens is 412 g/mol. The maximum absolute atomic E-state index is 5.01. The van der Waals surface area contributed by atoms with E-state index in [1.165, 1.54) is 32.1 Å². The lowest BCUT2D eigenvalue weighted by molar-refractivity contribution is 0.622. The fourth-order valence-corrected chi connectivity index (χ4v) is 5.78. The van der Waals surface area contributed by atoms with E-state index >= 15 is 0 Å². The minimum absolute atomic E-state index is 0.418. The predicted molar refractivity (Wildman–Crippen MR) is 132 cm³/mol. The molecule has 0 saturated heterocycles. The Labute approximate surface area is 191 Å². The summed E-state index contributed by atoms with van der Waals surface area (Å²) in [6.07, 6.45) is 5.84. The van der Waals surface area contributed by atoms with Crippen LogP contribution in [-0.2, 0) is 13.0 Å². The van der Waals surface area contributed by atoms with Gasteiger partial charge in [0.2, 0.25) is 0 Å². The first-order valence-corrected chi connectivity index (χ1v) is 11.9. The van der Waals surface area contributed by atoms with E-state index in [1.807, 2.05) is 17.5 Å². The number of thiazole rings is 1. The minimum Gasteiger partial charge on any atom is -0.365 e. The average molecular weight is 437 g/mol. The number of hydrogen-bond acceptors (Lipinski definition) is 4. The zero-order chi connectivity index (χ0) is 21.3. The summed E-state index contributed by atoms with van der Waals surface area (Å²) in [5, 5.41) is 1.25. The Morgan fingerprint density at radius 1 is 0.969 bits per heavy atom. The Kier molecular flexibility index (Phi) is 4.96. The van der Waals surface area contributed by atoms with Crippen LogP contribution in [0.4, 0.5) is 5.69 Å². The second-order valence-corrected chi connectivity index (χ2v) is 9.46. The zero-order valence-corrected chi connectivity index (χ0v) is 18.6. The number of imidazole rings is 1. The third kappa shape index (κ3) is 3.69. The van der Waals surface area contributed by atoms with Gasteiger partial charge in [0.25, 0.3) is 0 Å². The van der Waals surface area contributed by atoms with Crippen molar-refractivity contribution in [2.45, 2.75) is 25.3 Å². The van der Waals surface area contributed by atoms with Crippen LogP contribution in [0.3, 0.4) is 0 Å². The van der Waals surface area contributed by atoms with Crippen LogP contribution in [0, 0.1) is 0 Å². The molecule has 0 radical (unpaired) electrons. The quantitative estimate of drug-likeness (QED) is 0.353. The molecule has 32 heavy (non-hydrogen) atoms. The summed E-state index contributed by atoms with van der Waals surface area (Å²) in [6.45, 7) is 1.80. The largest absolute Gasteiger partial charge is 0.365 e. The fourth-order valence-electron chi connectivity index (χ4n) is 4.68. The van der Waals surface area contributed by atoms with E-state index in [0.29, 0.717) is 5.92 Å². The Morgan fingerprint density at radius 3 is 2.69 bits per heavy atom. The molecule has 0 spiro atoms. The van der Waals surface area contributed by atoms with Crippen LogP contribution in [0.1, 0.15) is 28.6 Å². The van der Waals surface area contributed by atoms with Gasteiger partial charge in [-0.3, -0.25) is 0 Å². The molecular formula is C27H24N4S. The monoisotopic (exact) mass is 436 g/mol. The molecule has 6 rings (SSSR count). The molecule has 3 heterocycles. The van der Waals surface area contributed by atoms with Crippen LogP contribution in [-0.4, -0.2) is 21.5 Å². The van der Waals surface area contributed by atoms with Crippen molar-refractivity contribution in [2.75, 3.05) is 11.4 Å². The van der Waals surface area contributed by atoms with E-state index in [2.05, 4.69) is 87.7 Å². The van der Waals surface area contributed by atoms with Crippen LogP contribution < -0.4 is 4.90 Å². The lowest BCUT2D eigenvalue weighted by Crippen LogP contribution is -2.24. The number of H-pyrrole nitrogens is 1. The summed E-state index contributed by atoms with van der Waals surface area (Å²) in [6, 6.07) is 26.1. The van der Waals surface area contributed by atoms with Gasteiger partial charge in [-0.15, -0.1) is 11.3 Å². The van der Waals surface area contributed by atoms with E-state index in [-0.39, 0.29) is 0 Å². The Morgan fingerprint density at radius 2 is 1.84 bits per heavy atom. The topological polar surface area (TPSA) is 44.8 Å². The Hall–Kier alpha value is -3.44. The van der Waals surface area contributed by atoms with Gasteiger partial charge in [0.05, 0.1) is 33.8 Å². The van der Waals surface area contributed by atoms with Crippen molar-refractivity contribution >= 4 is 27.2 Å². The number of rotatable bonds is 4. The van der Waals surface area contributed by atoms with Crippen molar-refractivity contribution in [1.82, 2.24) is 15.0 Å². The fraction of sp³-hybridized carbons (Fsp3) is 0.185. The van der Waals surface area contributed by atoms with Crippen LogP contribution in [0.5, 0.6) is 0 Å². The van der Waals surface area contributed by atoms with Gasteiger partial charge < -0.3 is 9.88 Å². The number of aromatic amines is 1. The van der Waals surface area contributed by atoms with Gasteiger partial charge in [-0.2, -0.15) is 0 Å². The zero-order valence-electron chi connectivity index (χ0n) is 17.7. The molecule has 0 aliphatic carbocycles. The summed E-state index contributed by atoms with van der Waals surface area (Å²) < 4.78 is 1.28. The first-order chi connectivity index (χ1) is 15.8. The van der Waals surface area contributed by atoms with E-state index in [0.717, 1.165) is 37.1 Å². The molecule has 0 bridgehead atoms. The number of fused-ring (bicyclic) bond motifs is 2. The van der Waals surface area contributed by atoms with Crippen molar-refractivity contribution in [2.24, 2.45) is 0 Å². The Balaban J connectivity index is 1.40. The van der Waals surface area contributed by atoms with Crippen molar-refractivity contribution in [3.05, 3.63) is 102 Å². The lowest BCUT2D eigenvalue weighted by Gasteiger charge is -2.24. The molecule has 0 saturated carbocycles. The van der Waals surface area contributed by atoms with Crippen molar-refractivity contribution < 1.29 is 0 Å². The molecule has 1 N–H and O–H groups in total. The van der Waals surface area contributed by atoms with Crippen LogP contribution in [0.25, 0.3) is 21.3 Å². The van der Waals surface area contributed by atoms with Gasteiger partial charge >= 0.3 is 0 Å². The first kappa shape index (κ1) is 19.3. The summed E-state index contributed by atoms with van der Waals surface area (Å²) in [5.41, 5.74) is 7.42. The maximum atomic E-state index is 5.01. The third-order valence-corrected chi connectivity index (χ3v) is 7.51. The normalized spacial score (nSPS) is 16.1. The second kappa shape index (κ2) is 8.24. The van der Waals surface area contributed by atoms with Gasteiger partial charge in [0, 0.05) is 24.3 Å². The van der Waals surface area contributed by atoms with Gasteiger partial charge in [-0.05, 0) is 53.8 Å². The summed E-state index contributed by atoms with van der Waals surface area (Å²) in [7, 11) is 0. The number of para-hydroxylation sites is 1. The van der Waals surface area contributed by atoms with E-state index in [1.54, 1.807) is 6.33 Å². The maximum Gasteiger partial charge on any atom is 0.0973 e. The predicted octanol–water partition coefficient (Wildman–Crippen LogP) is 6.42. The smallest absolute Gasteiger partial charge is 0.0973 e. The SMILES string of the molecule is c1ccc(-c2ccc3c(c2)CC(c2nc4ccccc4s2)CCN3Cc2c[nH]cn2)cc1. The minimum atomic E-state index is 0.418. The summed E-state index contributed by atoms with van der Waals surface area (Å²) >= 11 is 1.85. The first-order valence-electron chi connectivity index (χ1n) is 11.1. The molecule has 2 aromatic heterocycles. The van der Waals surface area contributed by atoms with Gasteiger partial charge in [0.15, 0.2) is 0 Å². The molecule has 5 heteroatoms.